The van der Waals surface area contributed by atoms with Crippen LogP contribution >= 0.6 is 0 Å². The van der Waals surface area contributed by atoms with Gasteiger partial charge in [0.05, 0.1) is 7.11 Å². The summed E-state index contributed by atoms with van der Waals surface area (Å²) in [7, 11) is 1.63. The molecule has 0 unspecified atom stereocenters. The Kier molecular flexibility index (Phi) is 4.77. The van der Waals surface area contributed by atoms with Crippen LogP contribution in [0.1, 0.15) is 30.1 Å². The minimum atomic E-state index is 0.376. The van der Waals surface area contributed by atoms with Crippen LogP contribution in [0.2, 0.25) is 0 Å². The third kappa shape index (κ3) is 3.51. The van der Waals surface area contributed by atoms with Gasteiger partial charge in [0.1, 0.15) is 18.0 Å². The first kappa shape index (κ1) is 16.5. The SMILES string of the molecule is COc1cc(N2CCC[C@@H](c3nccn3Cc3ccncc3)C2)ncn1. The number of anilines is 1. The zero-order valence-corrected chi connectivity index (χ0v) is 14.8. The Bertz CT molecular complexity index is 850. The van der Waals surface area contributed by atoms with Crippen LogP contribution < -0.4 is 9.64 Å². The zero-order chi connectivity index (χ0) is 17.8. The standard InChI is InChI=1S/C19H22N6O/c1-26-18-11-17(22-14-23-18)24-9-2-3-16(13-24)19-21-8-10-25(19)12-15-4-6-20-7-5-15/h4-8,10-11,14,16H,2-3,9,12-13H2,1H3/t16-/m1/s1. The first-order chi connectivity index (χ1) is 12.8. The van der Waals surface area contributed by atoms with Gasteiger partial charge in [-0.05, 0) is 30.5 Å². The van der Waals surface area contributed by atoms with Crippen molar-refractivity contribution in [2.45, 2.75) is 25.3 Å². The van der Waals surface area contributed by atoms with Crippen molar-refractivity contribution in [3.05, 3.63) is 60.7 Å². The lowest BCUT2D eigenvalue weighted by atomic mass is 9.97. The van der Waals surface area contributed by atoms with Crippen LogP contribution in [0.25, 0.3) is 0 Å². The van der Waals surface area contributed by atoms with Crippen molar-refractivity contribution in [2.75, 3.05) is 25.1 Å². The lowest BCUT2D eigenvalue weighted by Gasteiger charge is -2.33. The van der Waals surface area contributed by atoms with Gasteiger partial charge in [-0.2, -0.15) is 0 Å². The summed E-state index contributed by atoms with van der Waals surface area (Å²) < 4.78 is 7.47. The van der Waals surface area contributed by atoms with Crippen LogP contribution in [0, 0.1) is 0 Å². The molecule has 3 aromatic rings. The highest BCUT2D eigenvalue weighted by molar-refractivity contribution is 5.42. The van der Waals surface area contributed by atoms with Gasteiger partial charge in [-0.3, -0.25) is 4.98 Å². The zero-order valence-electron chi connectivity index (χ0n) is 14.8. The summed E-state index contributed by atoms with van der Waals surface area (Å²) in [6.07, 6.45) is 11.4. The summed E-state index contributed by atoms with van der Waals surface area (Å²) in [5.74, 6) is 3.01. The van der Waals surface area contributed by atoms with Gasteiger partial charge in [-0.25, -0.2) is 15.0 Å². The van der Waals surface area contributed by atoms with Gasteiger partial charge in [0.15, 0.2) is 0 Å². The van der Waals surface area contributed by atoms with Gasteiger partial charge in [0, 0.05) is 56.4 Å². The number of imidazole rings is 1. The molecule has 134 valence electrons. The lowest BCUT2D eigenvalue weighted by Crippen LogP contribution is -2.36. The molecule has 0 aromatic carbocycles. The average Bonchev–Trinajstić information content (AvgIpc) is 3.17. The second-order valence-corrected chi connectivity index (χ2v) is 6.47. The predicted molar refractivity (Wildman–Crippen MR) is 98.3 cm³/mol. The number of ether oxygens (including phenoxy) is 1. The normalized spacial score (nSPS) is 17.3. The molecule has 0 radical (unpaired) electrons. The summed E-state index contributed by atoms with van der Waals surface area (Å²) in [6, 6.07) is 5.99. The molecule has 7 heteroatoms. The van der Waals surface area contributed by atoms with E-state index in [2.05, 4.69) is 35.6 Å². The molecule has 0 saturated carbocycles. The molecule has 0 N–H and O–H groups in total. The maximum Gasteiger partial charge on any atom is 0.218 e. The maximum absolute atomic E-state index is 5.23. The second-order valence-electron chi connectivity index (χ2n) is 6.47. The van der Waals surface area contributed by atoms with Gasteiger partial charge in [-0.15, -0.1) is 0 Å². The second kappa shape index (κ2) is 7.51. The Morgan fingerprint density at radius 1 is 1.15 bits per heavy atom. The van der Waals surface area contributed by atoms with E-state index in [0.717, 1.165) is 44.1 Å². The average molecular weight is 350 g/mol. The minimum Gasteiger partial charge on any atom is -0.481 e. The van der Waals surface area contributed by atoms with Gasteiger partial charge in [-0.1, -0.05) is 0 Å². The van der Waals surface area contributed by atoms with Crippen LogP contribution in [0.3, 0.4) is 0 Å². The summed E-state index contributed by atoms with van der Waals surface area (Å²) in [5, 5.41) is 0. The van der Waals surface area contributed by atoms with Crippen molar-refractivity contribution in [1.29, 1.82) is 0 Å². The summed E-state index contributed by atoms with van der Waals surface area (Å²) in [4.78, 5) is 19.6. The van der Waals surface area contributed by atoms with E-state index in [1.165, 1.54) is 5.56 Å². The summed E-state index contributed by atoms with van der Waals surface area (Å²) >= 11 is 0. The number of hydrogen-bond acceptors (Lipinski definition) is 6. The Morgan fingerprint density at radius 3 is 2.88 bits per heavy atom. The topological polar surface area (TPSA) is 69.0 Å². The molecule has 1 fully saturated rings. The third-order valence-corrected chi connectivity index (χ3v) is 4.80. The molecule has 3 aromatic heterocycles. The van der Waals surface area contributed by atoms with E-state index < -0.39 is 0 Å². The van der Waals surface area contributed by atoms with E-state index in [9.17, 15) is 0 Å². The van der Waals surface area contributed by atoms with Crippen LogP contribution in [-0.2, 0) is 6.54 Å². The fourth-order valence-corrected chi connectivity index (χ4v) is 3.51. The number of rotatable bonds is 5. The van der Waals surface area contributed by atoms with Crippen molar-refractivity contribution in [2.24, 2.45) is 0 Å². The quantitative estimate of drug-likeness (QED) is 0.704. The molecule has 1 aliphatic rings. The molecule has 0 spiro atoms. The Hall–Kier alpha value is -2.96. The Balaban J connectivity index is 1.52. The van der Waals surface area contributed by atoms with Gasteiger partial charge < -0.3 is 14.2 Å². The molecular weight excluding hydrogens is 328 g/mol. The summed E-state index contributed by atoms with van der Waals surface area (Å²) in [5.41, 5.74) is 1.23. The number of methoxy groups -OCH3 is 1. The van der Waals surface area contributed by atoms with E-state index in [4.69, 9.17) is 4.74 Å². The third-order valence-electron chi connectivity index (χ3n) is 4.80. The van der Waals surface area contributed by atoms with E-state index in [-0.39, 0.29) is 0 Å². The highest BCUT2D eigenvalue weighted by Crippen LogP contribution is 2.29. The number of pyridine rings is 1. The smallest absolute Gasteiger partial charge is 0.218 e. The van der Waals surface area contributed by atoms with Crippen molar-refractivity contribution in [3.63, 3.8) is 0 Å². The van der Waals surface area contributed by atoms with Crippen LogP contribution in [0.4, 0.5) is 5.82 Å². The first-order valence-electron chi connectivity index (χ1n) is 8.84. The molecule has 26 heavy (non-hydrogen) atoms. The molecule has 4 rings (SSSR count). The highest BCUT2D eigenvalue weighted by atomic mass is 16.5. The van der Waals surface area contributed by atoms with Crippen molar-refractivity contribution < 1.29 is 4.74 Å². The molecular formula is C19H22N6O. The van der Waals surface area contributed by atoms with E-state index >= 15 is 0 Å². The Labute approximate surface area is 152 Å². The Morgan fingerprint density at radius 2 is 2.04 bits per heavy atom. The molecule has 0 aliphatic carbocycles. The van der Waals surface area contributed by atoms with Crippen LogP contribution in [0.5, 0.6) is 5.88 Å². The van der Waals surface area contributed by atoms with Crippen molar-refractivity contribution >= 4 is 5.82 Å². The minimum absolute atomic E-state index is 0.376. The highest BCUT2D eigenvalue weighted by Gasteiger charge is 2.25. The molecule has 1 saturated heterocycles. The van der Waals surface area contributed by atoms with E-state index in [0.29, 0.717) is 11.8 Å². The van der Waals surface area contributed by atoms with Crippen molar-refractivity contribution in [1.82, 2.24) is 24.5 Å². The number of aromatic nitrogens is 5. The largest absolute Gasteiger partial charge is 0.481 e. The predicted octanol–water partition coefficient (Wildman–Crippen LogP) is 2.51. The lowest BCUT2D eigenvalue weighted by molar-refractivity contribution is 0.396. The molecule has 1 aliphatic heterocycles. The van der Waals surface area contributed by atoms with E-state index in [1.54, 1.807) is 13.4 Å². The fourth-order valence-electron chi connectivity index (χ4n) is 3.51. The fraction of sp³-hybridized carbons (Fsp3) is 0.368. The van der Waals surface area contributed by atoms with Crippen LogP contribution in [-0.4, -0.2) is 44.7 Å². The van der Waals surface area contributed by atoms with E-state index in [1.807, 2.05) is 36.8 Å². The van der Waals surface area contributed by atoms with Gasteiger partial charge >= 0.3 is 0 Å². The summed E-state index contributed by atoms with van der Waals surface area (Å²) in [6.45, 7) is 2.70. The first-order valence-corrected chi connectivity index (χ1v) is 8.84. The van der Waals surface area contributed by atoms with Crippen LogP contribution in [0.15, 0.2) is 49.3 Å². The monoisotopic (exact) mass is 350 g/mol. The molecule has 0 bridgehead atoms. The molecule has 4 heterocycles. The van der Waals surface area contributed by atoms with Gasteiger partial charge in [0.25, 0.3) is 0 Å². The van der Waals surface area contributed by atoms with Gasteiger partial charge in [0.2, 0.25) is 5.88 Å². The maximum atomic E-state index is 5.23. The molecule has 0 amide bonds. The number of nitrogens with zero attached hydrogens (tertiary/aromatic N) is 6. The molecule has 7 nitrogen and oxygen atoms in total. The van der Waals surface area contributed by atoms with Crippen molar-refractivity contribution in [3.8, 4) is 5.88 Å². The number of hydrogen-bond donors (Lipinski definition) is 0. The molecule has 1 atom stereocenters. The number of piperidine rings is 1.